The Morgan fingerprint density at radius 3 is 2.47 bits per heavy atom. The van der Waals surface area contributed by atoms with Crippen LogP contribution in [0.5, 0.6) is 11.5 Å². The molecular weight excluding hydrogens is 414 g/mol. The van der Waals surface area contributed by atoms with Gasteiger partial charge in [-0.25, -0.2) is 14.7 Å². The van der Waals surface area contributed by atoms with Crippen LogP contribution in [0.3, 0.4) is 0 Å². The van der Waals surface area contributed by atoms with Crippen molar-refractivity contribution >= 4 is 34.7 Å². The number of nitrogens with two attached hydrogens (primary N) is 1. The Hall–Kier alpha value is -3.30. The van der Waals surface area contributed by atoms with Crippen LogP contribution in [0.4, 0.5) is 16.6 Å². The fourth-order valence-corrected chi connectivity index (χ4v) is 4.31. The third kappa shape index (κ3) is 3.96. The first-order chi connectivity index (χ1) is 15.5. The number of anilines is 2. The van der Waals surface area contributed by atoms with Gasteiger partial charge < -0.3 is 24.8 Å². The number of hydrogen-bond acceptors (Lipinski definition) is 9. The average molecular weight is 444 g/mol. The summed E-state index contributed by atoms with van der Waals surface area (Å²) in [6.07, 6.45) is 2.46. The van der Waals surface area contributed by atoms with Crippen molar-refractivity contribution in [3.63, 3.8) is 0 Å². The second kappa shape index (κ2) is 9.05. The first-order valence-corrected chi connectivity index (χ1v) is 10.9. The molecule has 0 aliphatic carbocycles. The molecule has 2 saturated heterocycles. The highest BCUT2D eigenvalue weighted by atomic mass is 16.6. The Kier molecular flexibility index (Phi) is 6.20. The number of rotatable bonds is 7. The van der Waals surface area contributed by atoms with Crippen molar-refractivity contribution in [3.8, 4) is 11.5 Å². The Morgan fingerprint density at radius 2 is 1.81 bits per heavy atom. The van der Waals surface area contributed by atoms with Crippen molar-refractivity contribution in [2.45, 2.75) is 51.2 Å². The third-order valence-corrected chi connectivity index (χ3v) is 6.10. The fourth-order valence-electron chi connectivity index (χ4n) is 4.31. The molecule has 2 aliphatic heterocycles. The highest BCUT2D eigenvalue weighted by Crippen LogP contribution is 2.34. The Morgan fingerprint density at radius 1 is 1.12 bits per heavy atom. The zero-order valence-electron chi connectivity index (χ0n) is 18.7. The lowest BCUT2D eigenvalue weighted by Crippen LogP contribution is -2.48. The molecule has 0 saturated carbocycles. The molecule has 2 fully saturated rings. The van der Waals surface area contributed by atoms with E-state index in [1.54, 1.807) is 26.4 Å². The molecule has 2 amide bonds. The van der Waals surface area contributed by atoms with E-state index in [9.17, 15) is 9.59 Å². The normalized spacial score (nSPS) is 19.5. The number of unbranched alkanes of at least 4 members (excludes halogenated alkanes) is 1. The zero-order valence-corrected chi connectivity index (χ0v) is 18.7. The van der Waals surface area contributed by atoms with Crippen molar-refractivity contribution in [2.24, 2.45) is 0 Å². The number of methoxy groups -OCH3 is 2. The summed E-state index contributed by atoms with van der Waals surface area (Å²) in [6.45, 7) is 3.24. The number of fused-ring (bicyclic) bond motifs is 1. The van der Waals surface area contributed by atoms with Gasteiger partial charge in [0.1, 0.15) is 5.82 Å². The van der Waals surface area contributed by atoms with Gasteiger partial charge in [0, 0.05) is 30.6 Å². The number of hydrogen-bond donors (Lipinski definition) is 1. The molecule has 2 aliphatic rings. The molecule has 2 aromatic rings. The van der Waals surface area contributed by atoms with Gasteiger partial charge in [-0.3, -0.25) is 4.79 Å². The molecule has 0 spiro atoms. The Labute approximate surface area is 186 Å². The van der Waals surface area contributed by atoms with Gasteiger partial charge in [-0.15, -0.1) is 0 Å². The number of cyclic esters (lactones) is 1. The first kappa shape index (κ1) is 21.9. The van der Waals surface area contributed by atoms with Crippen molar-refractivity contribution in [3.05, 3.63) is 12.1 Å². The van der Waals surface area contributed by atoms with E-state index in [0.717, 1.165) is 12.8 Å². The maximum Gasteiger partial charge on any atom is 0.417 e. The number of nitrogen functional groups attached to an aromatic ring is 1. The highest BCUT2D eigenvalue weighted by Gasteiger charge is 2.44. The molecular formula is C22H29N5O5. The van der Waals surface area contributed by atoms with Gasteiger partial charge in [-0.1, -0.05) is 13.3 Å². The van der Waals surface area contributed by atoms with Crippen molar-refractivity contribution < 1.29 is 23.8 Å². The van der Waals surface area contributed by atoms with E-state index >= 15 is 0 Å². The summed E-state index contributed by atoms with van der Waals surface area (Å²) in [6, 6.07) is 3.36. The van der Waals surface area contributed by atoms with E-state index in [1.165, 1.54) is 4.90 Å². The van der Waals surface area contributed by atoms with Crippen LogP contribution in [0, 0.1) is 0 Å². The Balaban J connectivity index is 1.48. The molecule has 4 rings (SSSR count). The summed E-state index contributed by atoms with van der Waals surface area (Å²) in [4.78, 5) is 37.5. The number of carbonyl (C=O) groups excluding carboxylic acids is 2. The molecule has 3 heterocycles. The maximum absolute atomic E-state index is 12.7. The Bertz CT molecular complexity index is 1020. The number of carbonyl (C=O) groups is 2. The van der Waals surface area contributed by atoms with Crippen LogP contribution < -0.4 is 20.1 Å². The topological polar surface area (TPSA) is 120 Å². The molecule has 10 nitrogen and oxygen atoms in total. The van der Waals surface area contributed by atoms with E-state index in [4.69, 9.17) is 19.9 Å². The van der Waals surface area contributed by atoms with Gasteiger partial charge in [0.2, 0.25) is 5.95 Å². The molecule has 0 radical (unpaired) electrons. The van der Waals surface area contributed by atoms with Crippen LogP contribution in [0.2, 0.25) is 0 Å². The molecule has 2 N–H and O–H groups in total. The molecule has 1 aromatic carbocycles. The van der Waals surface area contributed by atoms with Crippen LogP contribution in [0.25, 0.3) is 10.9 Å². The second-order valence-electron chi connectivity index (χ2n) is 8.07. The van der Waals surface area contributed by atoms with Crippen molar-refractivity contribution in [1.82, 2.24) is 14.9 Å². The van der Waals surface area contributed by atoms with Gasteiger partial charge in [0.25, 0.3) is 5.91 Å². The number of imide groups is 1. The SMILES string of the molecule is CCCCC1OC(=O)N(C2CCN(c3nc(N)c4cc(OC)c(OC)cc4n3)CC2)C1=O. The van der Waals surface area contributed by atoms with Crippen molar-refractivity contribution in [2.75, 3.05) is 37.9 Å². The van der Waals surface area contributed by atoms with Crippen LogP contribution in [0.1, 0.15) is 39.0 Å². The average Bonchev–Trinajstić information content (AvgIpc) is 3.09. The van der Waals surface area contributed by atoms with Gasteiger partial charge in [0.15, 0.2) is 17.6 Å². The van der Waals surface area contributed by atoms with E-state index in [-0.39, 0.29) is 11.9 Å². The van der Waals surface area contributed by atoms with E-state index in [1.807, 2.05) is 11.8 Å². The third-order valence-electron chi connectivity index (χ3n) is 6.10. The summed E-state index contributed by atoms with van der Waals surface area (Å²) < 4.78 is 16.0. The van der Waals surface area contributed by atoms with Gasteiger partial charge in [-0.05, 0) is 31.7 Å². The molecule has 10 heteroatoms. The summed E-state index contributed by atoms with van der Waals surface area (Å²) in [5.74, 6) is 1.77. The summed E-state index contributed by atoms with van der Waals surface area (Å²) in [5.41, 5.74) is 6.87. The standard InChI is InChI=1S/C22H29N5O5/c1-4-5-6-16-20(28)27(22(29)32-16)13-7-9-26(10-8-13)21-24-15-12-18(31-3)17(30-2)11-14(15)19(23)25-21/h11-13,16H,4-10H2,1-3H3,(H2,23,24,25). The number of amides is 2. The molecule has 1 aromatic heterocycles. The number of aromatic nitrogens is 2. The van der Waals surface area contributed by atoms with Gasteiger partial charge in [-0.2, -0.15) is 4.98 Å². The predicted molar refractivity (Wildman–Crippen MR) is 119 cm³/mol. The minimum atomic E-state index is -0.643. The second-order valence-corrected chi connectivity index (χ2v) is 8.07. The molecule has 1 atom stereocenters. The van der Waals surface area contributed by atoms with Gasteiger partial charge >= 0.3 is 6.09 Å². The minimum Gasteiger partial charge on any atom is -0.493 e. The van der Waals surface area contributed by atoms with Crippen LogP contribution >= 0.6 is 0 Å². The molecule has 32 heavy (non-hydrogen) atoms. The zero-order chi connectivity index (χ0) is 22.8. The molecule has 1 unspecified atom stereocenters. The first-order valence-electron chi connectivity index (χ1n) is 10.9. The summed E-state index contributed by atoms with van der Waals surface area (Å²) >= 11 is 0. The quantitative estimate of drug-likeness (QED) is 0.688. The maximum atomic E-state index is 12.7. The summed E-state index contributed by atoms with van der Waals surface area (Å²) in [5, 5.41) is 0.685. The van der Waals surface area contributed by atoms with Crippen LogP contribution in [-0.2, 0) is 9.53 Å². The number of nitrogens with zero attached hydrogens (tertiary/aromatic N) is 4. The summed E-state index contributed by atoms with van der Waals surface area (Å²) in [7, 11) is 3.13. The minimum absolute atomic E-state index is 0.181. The molecule has 0 bridgehead atoms. The lowest BCUT2D eigenvalue weighted by atomic mass is 10.0. The number of ether oxygens (including phenoxy) is 3. The van der Waals surface area contributed by atoms with Crippen molar-refractivity contribution in [1.29, 1.82) is 0 Å². The largest absolute Gasteiger partial charge is 0.493 e. The highest BCUT2D eigenvalue weighted by molar-refractivity contribution is 6.00. The fraction of sp³-hybridized carbons (Fsp3) is 0.545. The number of benzene rings is 1. The van der Waals surface area contributed by atoms with Crippen LogP contribution in [0.15, 0.2) is 12.1 Å². The predicted octanol–water partition coefficient (Wildman–Crippen LogP) is 2.74. The van der Waals surface area contributed by atoms with E-state index < -0.39 is 12.2 Å². The van der Waals surface area contributed by atoms with E-state index in [0.29, 0.717) is 66.5 Å². The monoisotopic (exact) mass is 443 g/mol. The van der Waals surface area contributed by atoms with E-state index in [2.05, 4.69) is 9.97 Å². The lowest BCUT2D eigenvalue weighted by Gasteiger charge is -2.34. The smallest absolute Gasteiger partial charge is 0.417 e. The van der Waals surface area contributed by atoms with Gasteiger partial charge in [0.05, 0.1) is 19.7 Å². The lowest BCUT2D eigenvalue weighted by molar-refractivity contribution is -0.131. The van der Waals surface area contributed by atoms with Crippen LogP contribution in [-0.4, -0.2) is 66.3 Å². The molecule has 172 valence electrons. The number of piperidine rings is 1.